The van der Waals surface area contributed by atoms with Gasteiger partial charge in [-0.15, -0.1) is 10.2 Å². The number of nitrogens with zero attached hydrogens (tertiary/aromatic N) is 3. The maximum atomic E-state index is 5.53. The Kier molecular flexibility index (Phi) is 2.19. The highest BCUT2D eigenvalue weighted by molar-refractivity contribution is 5.81. The van der Waals surface area contributed by atoms with E-state index in [0.29, 0.717) is 0 Å². The molecule has 17 heavy (non-hydrogen) atoms. The second kappa shape index (κ2) is 3.83. The molecular weight excluding hydrogens is 212 g/mol. The highest BCUT2D eigenvalue weighted by atomic mass is 15.2. The molecule has 3 aromatic rings. The molecule has 4 nitrogen and oxygen atoms in total. The van der Waals surface area contributed by atoms with E-state index in [-0.39, 0.29) is 5.95 Å². The van der Waals surface area contributed by atoms with Crippen molar-refractivity contribution in [3.8, 4) is 11.1 Å². The van der Waals surface area contributed by atoms with E-state index in [4.69, 9.17) is 5.73 Å². The molecule has 0 saturated carbocycles. The van der Waals surface area contributed by atoms with Gasteiger partial charge in [-0.3, -0.25) is 0 Å². The maximum absolute atomic E-state index is 5.53. The molecule has 3 rings (SSSR count). The molecule has 0 amide bonds. The quantitative estimate of drug-likeness (QED) is 0.686. The first-order valence-electron chi connectivity index (χ1n) is 5.28. The Balaban J connectivity index is 2.19. The van der Waals surface area contributed by atoms with Gasteiger partial charge in [-0.25, -0.2) is 4.98 Å². The number of anilines is 1. The van der Waals surface area contributed by atoms with Crippen LogP contribution in [0.3, 0.4) is 0 Å². The van der Waals surface area contributed by atoms with Crippen molar-refractivity contribution in [1.82, 2.24) is 15.2 Å². The third-order valence-electron chi connectivity index (χ3n) is 2.58. The van der Waals surface area contributed by atoms with Gasteiger partial charge < -0.3 is 5.73 Å². The second-order valence-corrected chi connectivity index (χ2v) is 3.74. The van der Waals surface area contributed by atoms with Gasteiger partial charge in [0.25, 0.3) is 0 Å². The number of nitrogen functional groups attached to an aromatic ring is 1. The first kappa shape index (κ1) is 9.72. The summed E-state index contributed by atoms with van der Waals surface area (Å²) in [6, 6.07) is 16.0. The highest BCUT2D eigenvalue weighted by Gasteiger charge is 2.02. The molecule has 0 aliphatic carbocycles. The highest BCUT2D eigenvalue weighted by Crippen LogP contribution is 2.22. The number of benzene rings is 2. The lowest BCUT2D eigenvalue weighted by Crippen LogP contribution is -1.97. The second-order valence-electron chi connectivity index (χ2n) is 3.74. The Hall–Kier alpha value is -2.49. The molecule has 2 N–H and O–H groups in total. The van der Waals surface area contributed by atoms with E-state index in [0.717, 1.165) is 22.2 Å². The Morgan fingerprint density at radius 1 is 0.765 bits per heavy atom. The molecule has 1 heterocycles. The molecule has 0 radical (unpaired) electrons. The lowest BCUT2D eigenvalue weighted by molar-refractivity contribution is 1.04. The summed E-state index contributed by atoms with van der Waals surface area (Å²) in [7, 11) is 0. The average molecular weight is 222 g/mol. The Morgan fingerprint density at radius 2 is 1.59 bits per heavy atom. The van der Waals surface area contributed by atoms with Gasteiger partial charge in [-0.1, -0.05) is 36.4 Å². The van der Waals surface area contributed by atoms with Crippen molar-refractivity contribution in [1.29, 1.82) is 0 Å². The zero-order valence-electron chi connectivity index (χ0n) is 9.04. The summed E-state index contributed by atoms with van der Waals surface area (Å²) < 4.78 is 0. The van der Waals surface area contributed by atoms with Gasteiger partial charge in [0, 0.05) is 0 Å². The van der Waals surface area contributed by atoms with Gasteiger partial charge >= 0.3 is 0 Å². The van der Waals surface area contributed by atoms with E-state index in [9.17, 15) is 0 Å². The summed E-state index contributed by atoms with van der Waals surface area (Å²) in [6.45, 7) is 0. The van der Waals surface area contributed by atoms with E-state index in [1.807, 2.05) is 36.4 Å². The Morgan fingerprint density at radius 3 is 2.41 bits per heavy atom. The van der Waals surface area contributed by atoms with Crippen molar-refractivity contribution < 1.29 is 0 Å². The molecule has 2 aromatic carbocycles. The van der Waals surface area contributed by atoms with E-state index in [1.165, 1.54) is 0 Å². The van der Waals surface area contributed by atoms with Crippen LogP contribution in [0.1, 0.15) is 0 Å². The summed E-state index contributed by atoms with van der Waals surface area (Å²) >= 11 is 0. The number of rotatable bonds is 1. The third kappa shape index (κ3) is 1.80. The molecule has 0 saturated heterocycles. The molecule has 0 spiro atoms. The monoisotopic (exact) mass is 222 g/mol. The number of fused-ring (bicyclic) bond motifs is 1. The van der Waals surface area contributed by atoms with E-state index < -0.39 is 0 Å². The Bertz CT molecular complexity index is 665. The minimum Gasteiger partial charge on any atom is -0.366 e. The van der Waals surface area contributed by atoms with Crippen LogP contribution in [0.2, 0.25) is 0 Å². The summed E-state index contributed by atoms with van der Waals surface area (Å²) in [5.74, 6) is 0.197. The number of aromatic nitrogens is 3. The predicted octanol–water partition coefficient (Wildman–Crippen LogP) is 2.27. The average Bonchev–Trinajstić information content (AvgIpc) is 2.39. The van der Waals surface area contributed by atoms with Crippen molar-refractivity contribution in [2.45, 2.75) is 0 Å². The van der Waals surface area contributed by atoms with Crippen molar-refractivity contribution in [2.24, 2.45) is 0 Å². The van der Waals surface area contributed by atoms with Crippen LogP contribution in [-0.2, 0) is 0 Å². The van der Waals surface area contributed by atoms with Gasteiger partial charge in [-0.2, -0.15) is 0 Å². The van der Waals surface area contributed by atoms with Crippen molar-refractivity contribution in [3.63, 3.8) is 0 Å². The lowest BCUT2D eigenvalue weighted by Gasteiger charge is -2.02. The third-order valence-corrected chi connectivity index (χ3v) is 2.58. The Labute approximate surface area is 98.1 Å². The van der Waals surface area contributed by atoms with Crippen molar-refractivity contribution in [3.05, 3.63) is 48.5 Å². The summed E-state index contributed by atoms with van der Waals surface area (Å²) in [5.41, 5.74) is 9.28. The standard InChI is InChI=1S/C13H10N4/c14-13-15-12-8-10(6-7-11(12)16-17-13)9-4-2-1-3-5-9/h1-8H,(H2,14,15,17). The van der Waals surface area contributed by atoms with Gasteiger partial charge in [0.05, 0.1) is 5.52 Å². The summed E-state index contributed by atoms with van der Waals surface area (Å²) in [5, 5.41) is 7.70. The molecule has 1 aromatic heterocycles. The van der Waals surface area contributed by atoms with Crippen LogP contribution >= 0.6 is 0 Å². The SMILES string of the molecule is Nc1nnc2ccc(-c3ccccc3)cc2n1. The summed E-state index contributed by atoms with van der Waals surface area (Å²) in [4.78, 5) is 4.17. The predicted molar refractivity (Wildman–Crippen MR) is 67.2 cm³/mol. The smallest absolute Gasteiger partial charge is 0.240 e. The van der Waals surface area contributed by atoms with E-state index in [1.54, 1.807) is 0 Å². The number of hydrogen-bond acceptors (Lipinski definition) is 4. The first-order chi connectivity index (χ1) is 8.33. The van der Waals surface area contributed by atoms with Crippen LogP contribution in [0, 0.1) is 0 Å². The minimum absolute atomic E-state index is 0.197. The summed E-state index contributed by atoms with van der Waals surface area (Å²) in [6.07, 6.45) is 0. The van der Waals surface area contributed by atoms with Crippen LogP contribution in [0.15, 0.2) is 48.5 Å². The van der Waals surface area contributed by atoms with Crippen molar-refractivity contribution in [2.75, 3.05) is 5.73 Å². The number of hydrogen-bond donors (Lipinski definition) is 1. The van der Waals surface area contributed by atoms with Gasteiger partial charge in [0.15, 0.2) is 0 Å². The fourth-order valence-electron chi connectivity index (χ4n) is 1.76. The molecule has 82 valence electrons. The van der Waals surface area contributed by atoms with Crippen LogP contribution in [-0.4, -0.2) is 15.2 Å². The molecule has 0 aliphatic heterocycles. The van der Waals surface area contributed by atoms with E-state index >= 15 is 0 Å². The molecule has 0 aliphatic rings. The molecule has 0 bridgehead atoms. The van der Waals surface area contributed by atoms with Gasteiger partial charge in [0.2, 0.25) is 5.95 Å². The molecule has 0 fully saturated rings. The van der Waals surface area contributed by atoms with Crippen LogP contribution in [0.5, 0.6) is 0 Å². The molecule has 4 heteroatoms. The van der Waals surface area contributed by atoms with Crippen molar-refractivity contribution >= 4 is 17.0 Å². The van der Waals surface area contributed by atoms with E-state index in [2.05, 4.69) is 27.3 Å². The lowest BCUT2D eigenvalue weighted by atomic mass is 10.1. The fourth-order valence-corrected chi connectivity index (χ4v) is 1.76. The maximum Gasteiger partial charge on any atom is 0.240 e. The number of nitrogens with two attached hydrogens (primary N) is 1. The van der Waals surface area contributed by atoms with Crippen LogP contribution in [0.4, 0.5) is 5.95 Å². The minimum atomic E-state index is 0.197. The zero-order chi connectivity index (χ0) is 11.7. The molecule has 0 unspecified atom stereocenters. The fraction of sp³-hybridized carbons (Fsp3) is 0. The first-order valence-corrected chi connectivity index (χ1v) is 5.28. The normalized spacial score (nSPS) is 10.6. The van der Waals surface area contributed by atoms with Crippen LogP contribution < -0.4 is 5.73 Å². The van der Waals surface area contributed by atoms with Crippen LogP contribution in [0.25, 0.3) is 22.2 Å². The van der Waals surface area contributed by atoms with Gasteiger partial charge in [0.1, 0.15) is 5.52 Å². The molecule has 0 atom stereocenters. The zero-order valence-corrected chi connectivity index (χ0v) is 9.04. The largest absolute Gasteiger partial charge is 0.366 e. The molecular formula is C13H10N4. The topological polar surface area (TPSA) is 64.7 Å². The van der Waals surface area contributed by atoms with Gasteiger partial charge in [-0.05, 0) is 23.3 Å².